The Kier molecular flexibility index (Phi) is 3.12. The van der Waals surface area contributed by atoms with E-state index in [1.54, 1.807) is 17.2 Å². The summed E-state index contributed by atoms with van der Waals surface area (Å²) in [6.07, 6.45) is 3.45. The van der Waals surface area contributed by atoms with Crippen molar-refractivity contribution in [3.63, 3.8) is 0 Å². The second-order valence-electron chi connectivity index (χ2n) is 4.57. The third-order valence-corrected chi connectivity index (χ3v) is 2.75. The van der Waals surface area contributed by atoms with Crippen molar-refractivity contribution in [2.24, 2.45) is 4.99 Å². The maximum absolute atomic E-state index is 4.30. The van der Waals surface area contributed by atoms with Crippen molar-refractivity contribution < 1.29 is 0 Å². The molecule has 3 aromatic rings. The molecule has 0 fully saturated rings. The fourth-order valence-electron chi connectivity index (χ4n) is 1.81. The first kappa shape index (κ1) is 12.3. The Hall–Kier alpha value is -2.76. The van der Waals surface area contributed by atoms with Gasteiger partial charge in [-0.15, -0.1) is 5.10 Å². The fraction of sp³-hybridized carbons (Fsp3) is 0.143. The summed E-state index contributed by atoms with van der Waals surface area (Å²) in [5, 5.41) is 8.28. The molecule has 6 heteroatoms. The third kappa shape index (κ3) is 2.35. The Morgan fingerprint density at radius 1 is 1.15 bits per heavy atom. The number of aliphatic imine (C=N–C) groups is 1. The van der Waals surface area contributed by atoms with Gasteiger partial charge < -0.3 is 4.90 Å². The van der Waals surface area contributed by atoms with Gasteiger partial charge in [-0.3, -0.25) is 0 Å². The zero-order valence-corrected chi connectivity index (χ0v) is 11.3. The summed E-state index contributed by atoms with van der Waals surface area (Å²) in [6.45, 7) is 0. The van der Waals surface area contributed by atoms with Crippen LogP contribution in [0.25, 0.3) is 16.7 Å². The monoisotopic (exact) mass is 266 g/mol. The number of fused-ring (bicyclic) bond motifs is 1. The van der Waals surface area contributed by atoms with E-state index in [9.17, 15) is 0 Å². The van der Waals surface area contributed by atoms with Crippen LogP contribution in [0, 0.1) is 0 Å². The van der Waals surface area contributed by atoms with Crippen LogP contribution in [-0.4, -0.2) is 45.3 Å². The van der Waals surface area contributed by atoms with Crippen molar-refractivity contribution in [1.29, 1.82) is 0 Å². The van der Waals surface area contributed by atoms with E-state index in [0.29, 0.717) is 5.82 Å². The Labute approximate surface area is 116 Å². The highest BCUT2D eigenvalue weighted by Gasteiger charge is 2.05. The second kappa shape index (κ2) is 5.08. The van der Waals surface area contributed by atoms with Crippen LogP contribution in [0.3, 0.4) is 0 Å². The van der Waals surface area contributed by atoms with Gasteiger partial charge in [0.15, 0.2) is 5.82 Å². The normalized spacial score (nSPS) is 11.3. The lowest BCUT2D eigenvalue weighted by atomic mass is 10.3. The first-order chi connectivity index (χ1) is 9.74. The molecule has 100 valence electrons. The zero-order valence-electron chi connectivity index (χ0n) is 11.3. The van der Waals surface area contributed by atoms with E-state index in [1.807, 2.05) is 55.4 Å². The summed E-state index contributed by atoms with van der Waals surface area (Å²) in [7, 11) is 3.83. The van der Waals surface area contributed by atoms with Crippen LogP contribution in [0.2, 0.25) is 0 Å². The summed E-state index contributed by atoms with van der Waals surface area (Å²) >= 11 is 0. The van der Waals surface area contributed by atoms with Crippen LogP contribution < -0.4 is 0 Å². The van der Waals surface area contributed by atoms with Gasteiger partial charge in [-0.2, -0.15) is 0 Å². The van der Waals surface area contributed by atoms with Gasteiger partial charge in [0.25, 0.3) is 0 Å². The van der Waals surface area contributed by atoms with Gasteiger partial charge in [-0.25, -0.2) is 14.7 Å². The quantitative estimate of drug-likeness (QED) is 0.537. The average Bonchev–Trinajstić information content (AvgIpc) is 2.89. The van der Waals surface area contributed by atoms with Gasteiger partial charge in [0.1, 0.15) is 5.52 Å². The van der Waals surface area contributed by atoms with E-state index in [2.05, 4.69) is 20.3 Å². The predicted octanol–water partition coefficient (Wildman–Crippen LogP) is 2.04. The van der Waals surface area contributed by atoms with Crippen LogP contribution in [0.5, 0.6) is 0 Å². The van der Waals surface area contributed by atoms with E-state index in [-0.39, 0.29) is 0 Å². The van der Waals surface area contributed by atoms with Gasteiger partial charge in [0.05, 0.1) is 23.7 Å². The van der Waals surface area contributed by atoms with Crippen molar-refractivity contribution in [2.75, 3.05) is 14.1 Å². The molecule has 3 rings (SSSR count). The zero-order chi connectivity index (χ0) is 13.9. The molecular formula is C14H14N6. The van der Waals surface area contributed by atoms with E-state index < -0.39 is 0 Å². The Morgan fingerprint density at radius 2 is 2.00 bits per heavy atom. The molecule has 0 saturated carbocycles. The Balaban J connectivity index is 1.95. The lowest BCUT2D eigenvalue weighted by molar-refractivity contribution is 0.643. The number of rotatable bonds is 3. The maximum Gasteiger partial charge on any atom is 0.153 e. The summed E-state index contributed by atoms with van der Waals surface area (Å²) in [5.41, 5.74) is 2.68. The lowest BCUT2D eigenvalue weighted by Crippen LogP contribution is -2.07. The molecule has 0 saturated heterocycles. The van der Waals surface area contributed by atoms with Crippen molar-refractivity contribution in [3.05, 3.63) is 42.6 Å². The maximum atomic E-state index is 4.30. The first-order valence-electron chi connectivity index (χ1n) is 6.21. The largest absolute Gasteiger partial charge is 0.369 e. The van der Waals surface area contributed by atoms with E-state index in [1.165, 1.54) is 0 Å². The van der Waals surface area contributed by atoms with Gasteiger partial charge in [-0.1, -0.05) is 17.3 Å². The van der Waals surface area contributed by atoms with Gasteiger partial charge in [0, 0.05) is 14.1 Å². The third-order valence-electron chi connectivity index (χ3n) is 2.75. The summed E-state index contributed by atoms with van der Waals surface area (Å²) in [6, 6.07) is 11.6. The van der Waals surface area contributed by atoms with Crippen LogP contribution in [0.15, 0.2) is 47.6 Å². The van der Waals surface area contributed by atoms with Gasteiger partial charge in [0.2, 0.25) is 0 Å². The first-order valence-corrected chi connectivity index (χ1v) is 6.21. The number of hydrogen-bond acceptors (Lipinski definition) is 4. The van der Waals surface area contributed by atoms with Crippen molar-refractivity contribution in [2.45, 2.75) is 0 Å². The standard InChI is InChI=1S/C14H14N6/c1-19(2)10-16-14-8-7-11(9-15-14)20-13-6-4-3-5-12(13)17-18-20/h3-10H,1-2H3. The molecule has 2 aromatic heterocycles. The summed E-state index contributed by atoms with van der Waals surface area (Å²) in [4.78, 5) is 10.4. The smallest absolute Gasteiger partial charge is 0.153 e. The fourth-order valence-corrected chi connectivity index (χ4v) is 1.81. The number of para-hydroxylation sites is 1. The van der Waals surface area contributed by atoms with Crippen LogP contribution in [-0.2, 0) is 0 Å². The highest BCUT2D eigenvalue weighted by atomic mass is 15.4. The average molecular weight is 266 g/mol. The number of pyridine rings is 1. The topological polar surface area (TPSA) is 59.2 Å². The number of hydrogen-bond donors (Lipinski definition) is 0. The van der Waals surface area contributed by atoms with Crippen molar-refractivity contribution in [1.82, 2.24) is 24.9 Å². The van der Waals surface area contributed by atoms with Crippen LogP contribution >= 0.6 is 0 Å². The van der Waals surface area contributed by atoms with E-state index >= 15 is 0 Å². The van der Waals surface area contributed by atoms with Crippen LogP contribution in [0.1, 0.15) is 0 Å². The molecule has 20 heavy (non-hydrogen) atoms. The molecule has 0 amide bonds. The van der Waals surface area contributed by atoms with Crippen molar-refractivity contribution in [3.8, 4) is 5.69 Å². The summed E-state index contributed by atoms with van der Waals surface area (Å²) < 4.78 is 1.77. The molecule has 0 aliphatic rings. The van der Waals surface area contributed by atoms with E-state index in [0.717, 1.165) is 16.7 Å². The molecule has 1 aromatic carbocycles. The van der Waals surface area contributed by atoms with Crippen LogP contribution in [0.4, 0.5) is 5.82 Å². The van der Waals surface area contributed by atoms with Gasteiger partial charge in [-0.05, 0) is 24.3 Å². The summed E-state index contributed by atoms with van der Waals surface area (Å²) in [5.74, 6) is 0.659. The molecule has 0 bridgehead atoms. The Bertz CT molecular complexity index is 742. The highest BCUT2D eigenvalue weighted by molar-refractivity contribution is 5.75. The minimum atomic E-state index is 0.659. The number of benzene rings is 1. The molecule has 0 aliphatic carbocycles. The molecule has 0 radical (unpaired) electrons. The molecule has 0 aliphatic heterocycles. The number of aromatic nitrogens is 4. The molecule has 6 nitrogen and oxygen atoms in total. The number of nitrogens with zero attached hydrogens (tertiary/aromatic N) is 6. The molecule has 0 N–H and O–H groups in total. The molecule has 0 unspecified atom stereocenters. The van der Waals surface area contributed by atoms with E-state index in [4.69, 9.17) is 0 Å². The molecule has 0 spiro atoms. The van der Waals surface area contributed by atoms with Crippen molar-refractivity contribution >= 4 is 23.2 Å². The molecule has 0 atom stereocenters. The highest BCUT2D eigenvalue weighted by Crippen LogP contribution is 2.16. The molecular weight excluding hydrogens is 252 g/mol. The lowest BCUT2D eigenvalue weighted by Gasteiger charge is -2.03. The second-order valence-corrected chi connectivity index (χ2v) is 4.57. The predicted molar refractivity (Wildman–Crippen MR) is 78.5 cm³/mol. The molecule has 2 heterocycles. The SMILES string of the molecule is CN(C)C=Nc1ccc(-n2nnc3ccccc32)cn1. The minimum Gasteiger partial charge on any atom is -0.369 e. The minimum absolute atomic E-state index is 0.659. The van der Waals surface area contributed by atoms with Gasteiger partial charge >= 0.3 is 0 Å². The Morgan fingerprint density at radius 3 is 2.75 bits per heavy atom.